The molecule has 58 valence electrons. The van der Waals surface area contributed by atoms with Gasteiger partial charge in [0, 0.05) is 0 Å². The van der Waals surface area contributed by atoms with Crippen LogP contribution >= 0.6 is 0 Å². The Labute approximate surface area is 68.6 Å². The Bertz CT molecular complexity index is 236. The van der Waals surface area contributed by atoms with Crippen LogP contribution in [-0.4, -0.2) is 0 Å². The van der Waals surface area contributed by atoms with Gasteiger partial charge in [-0.05, 0) is 17.5 Å². The van der Waals surface area contributed by atoms with Crippen LogP contribution in [0.2, 0.25) is 0 Å². The third-order valence-electron chi connectivity index (χ3n) is 1.79. The average molecular weight is 146 g/mol. The standard InChI is InChI=1S/C11H14/c1-3-7-11-9-6-5-8-10(11)4-2/h4-6,8-9H,2-3,7H2,1H3. The first-order chi connectivity index (χ1) is 5.38. The summed E-state index contributed by atoms with van der Waals surface area (Å²) in [7, 11) is 0. The maximum absolute atomic E-state index is 3.77. The van der Waals surface area contributed by atoms with E-state index >= 15 is 0 Å². The van der Waals surface area contributed by atoms with E-state index in [1.165, 1.54) is 17.5 Å². The van der Waals surface area contributed by atoms with E-state index in [-0.39, 0.29) is 0 Å². The fraction of sp³-hybridized carbons (Fsp3) is 0.273. The smallest absolute Gasteiger partial charge is 0.0230 e. The lowest BCUT2D eigenvalue weighted by Gasteiger charge is -2.02. The fourth-order valence-electron chi connectivity index (χ4n) is 1.23. The topological polar surface area (TPSA) is 0 Å². The maximum Gasteiger partial charge on any atom is -0.0230 e. The SMILES string of the molecule is C=Cc1ccccc1CCC. The highest BCUT2D eigenvalue weighted by molar-refractivity contribution is 5.51. The van der Waals surface area contributed by atoms with Crippen LogP contribution in [0.15, 0.2) is 30.8 Å². The van der Waals surface area contributed by atoms with E-state index < -0.39 is 0 Å². The van der Waals surface area contributed by atoms with Crippen LogP contribution in [0.3, 0.4) is 0 Å². The number of hydrogen-bond acceptors (Lipinski definition) is 0. The van der Waals surface area contributed by atoms with Crippen molar-refractivity contribution in [3.63, 3.8) is 0 Å². The van der Waals surface area contributed by atoms with Gasteiger partial charge >= 0.3 is 0 Å². The summed E-state index contributed by atoms with van der Waals surface area (Å²) in [4.78, 5) is 0. The summed E-state index contributed by atoms with van der Waals surface area (Å²) >= 11 is 0. The van der Waals surface area contributed by atoms with Crippen molar-refractivity contribution in [3.05, 3.63) is 42.0 Å². The summed E-state index contributed by atoms with van der Waals surface area (Å²) in [6.07, 6.45) is 4.28. The van der Waals surface area contributed by atoms with E-state index in [1.807, 2.05) is 6.08 Å². The Hall–Kier alpha value is -1.04. The lowest BCUT2D eigenvalue weighted by Crippen LogP contribution is -1.86. The monoisotopic (exact) mass is 146 g/mol. The van der Waals surface area contributed by atoms with Gasteiger partial charge < -0.3 is 0 Å². The van der Waals surface area contributed by atoms with Gasteiger partial charge in [-0.2, -0.15) is 0 Å². The predicted molar refractivity (Wildman–Crippen MR) is 50.5 cm³/mol. The molecule has 11 heavy (non-hydrogen) atoms. The van der Waals surface area contributed by atoms with Crippen molar-refractivity contribution in [2.24, 2.45) is 0 Å². The summed E-state index contributed by atoms with van der Waals surface area (Å²) in [6, 6.07) is 8.41. The lowest BCUT2D eigenvalue weighted by atomic mass is 10.0. The van der Waals surface area contributed by atoms with E-state index in [4.69, 9.17) is 0 Å². The Morgan fingerprint density at radius 2 is 2.09 bits per heavy atom. The Kier molecular flexibility index (Phi) is 2.91. The molecule has 0 heterocycles. The van der Waals surface area contributed by atoms with E-state index in [0.717, 1.165) is 6.42 Å². The zero-order valence-corrected chi connectivity index (χ0v) is 7.01. The summed E-state index contributed by atoms with van der Waals surface area (Å²) in [5.41, 5.74) is 2.68. The zero-order chi connectivity index (χ0) is 8.10. The third-order valence-corrected chi connectivity index (χ3v) is 1.79. The van der Waals surface area contributed by atoms with E-state index in [0.29, 0.717) is 0 Å². The Morgan fingerprint density at radius 1 is 1.36 bits per heavy atom. The van der Waals surface area contributed by atoms with Crippen LogP contribution in [0.25, 0.3) is 6.08 Å². The molecule has 0 spiro atoms. The molecular formula is C11H14. The molecule has 0 aliphatic carbocycles. The molecule has 0 unspecified atom stereocenters. The van der Waals surface area contributed by atoms with Crippen molar-refractivity contribution in [1.29, 1.82) is 0 Å². The maximum atomic E-state index is 3.77. The minimum absolute atomic E-state index is 1.15. The van der Waals surface area contributed by atoms with Crippen molar-refractivity contribution in [1.82, 2.24) is 0 Å². The summed E-state index contributed by atoms with van der Waals surface area (Å²) in [6.45, 7) is 5.97. The van der Waals surface area contributed by atoms with Crippen molar-refractivity contribution in [2.45, 2.75) is 19.8 Å². The summed E-state index contributed by atoms with van der Waals surface area (Å²) < 4.78 is 0. The zero-order valence-electron chi connectivity index (χ0n) is 7.01. The largest absolute Gasteiger partial charge is 0.0985 e. The first-order valence-corrected chi connectivity index (χ1v) is 4.08. The van der Waals surface area contributed by atoms with Crippen LogP contribution in [0.4, 0.5) is 0 Å². The minimum atomic E-state index is 1.15. The van der Waals surface area contributed by atoms with Gasteiger partial charge in [0.05, 0.1) is 0 Å². The van der Waals surface area contributed by atoms with E-state index in [2.05, 4.69) is 37.8 Å². The fourth-order valence-corrected chi connectivity index (χ4v) is 1.23. The molecule has 0 radical (unpaired) electrons. The van der Waals surface area contributed by atoms with E-state index in [1.54, 1.807) is 0 Å². The summed E-state index contributed by atoms with van der Waals surface area (Å²) in [5.74, 6) is 0. The highest BCUT2D eigenvalue weighted by Gasteiger charge is 1.94. The number of aryl methyl sites for hydroxylation is 1. The van der Waals surface area contributed by atoms with Crippen molar-refractivity contribution < 1.29 is 0 Å². The highest BCUT2D eigenvalue weighted by Crippen LogP contribution is 2.11. The molecule has 0 aromatic heterocycles. The van der Waals surface area contributed by atoms with Gasteiger partial charge in [0.1, 0.15) is 0 Å². The molecule has 0 saturated carbocycles. The normalized spacial score (nSPS) is 9.55. The van der Waals surface area contributed by atoms with Crippen LogP contribution in [0.1, 0.15) is 24.5 Å². The van der Waals surface area contributed by atoms with Gasteiger partial charge in [-0.25, -0.2) is 0 Å². The molecule has 0 saturated heterocycles. The molecule has 0 nitrogen and oxygen atoms in total. The first-order valence-electron chi connectivity index (χ1n) is 4.08. The van der Waals surface area contributed by atoms with E-state index in [9.17, 15) is 0 Å². The second-order valence-corrected chi connectivity index (χ2v) is 2.65. The second-order valence-electron chi connectivity index (χ2n) is 2.65. The average Bonchev–Trinajstić information content (AvgIpc) is 2.06. The predicted octanol–water partition coefficient (Wildman–Crippen LogP) is 3.28. The van der Waals surface area contributed by atoms with Crippen LogP contribution in [0, 0.1) is 0 Å². The minimum Gasteiger partial charge on any atom is -0.0985 e. The molecule has 1 rings (SSSR count). The van der Waals surface area contributed by atoms with Gasteiger partial charge in [-0.15, -0.1) is 0 Å². The van der Waals surface area contributed by atoms with Crippen LogP contribution in [-0.2, 0) is 6.42 Å². The molecule has 0 heteroatoms. The third kappa shape index (κ3) is 1.94. The Morgan fingerprint density at radius 3 is 2.73 bits per heavy atom. The van der Waals surface area contributed by atoms with Gasteiger partial charge in [0.2, 0.25) is 0 Å². The number of rotatable bonds is 3. The van der Waals surface area contributed by atoms with Gasteiger partial charge in [0.25, 0.3) is 0 Å². The molecule has 0 aliphatic heterocycles. The molecule has 0 N–H and O–H groups in total. The number of benzene rings is 1. The van der Waals surface area contributed by atoms with Crippen LogP contribution < -0.4 is 0 Å². The molecule has 0 aliphatic rings. The van der Waals surface area contributed by atoms with Gasteiger partial charge in [-0.3, -0.25) is 0 Å². The second kappa shape index (κ2) is 3.97. The molecular weight excluding hydrogens is 132 g/mol. The van der Waals surface area contributed by atoms with Gasteiger partial charge in [-0.1, -0.05) is 50.3 Å². The Balaban J connectivity index is 2.92. The molecule has 0 fully saturated rings. The molecule has 0 bridgehead atoms. The molecule has 0 amide bonds. The summed E-state index contributed by atoms with van der Waals surface area (Å²) in [5, 5.41) is 0. The molecule has 1 aromatic carbocycles. The molecule has 1 aromatic rings. The van der Waals surface area contributed by atoms with Gasteiger partial charge in [0.15, 0.2) is 0 Å². The lowest BCUT2D eigenvalue weighted by molar-refractivity contribution is 0.919. The van der Waals surface area contributed by atoms with Crippen molar-refractivity contribution >= 4 is 6.08 Å². The van der Waals surface area contributed by atoms with Crippen LogP contribution in [0.5, 0.6) is 0 Å². The number of hydrogen-bond donors (Lipinski definition) is 0. The highest BCUT2D eigenvalue weighted by atomic mass is 14.0. The first kappa shape index (κ1) is 8.06. The van der Waals surface area contributed by atoms with Crippen molar-refractivity contribution in [3.8, 4) is 0 Å². The quantitative estimate of drug-likeness (QED) is 0.614. The molecule has 0 atom stereocenters. The van der Waals surface area contributed by atoms with Crippen molar-refractivity contribution in [2.75, 3.05) is 0 Å².